The zero-order valence-corrected chi connectivity index (χ0v) is 12.3. The van der Waals surface area contributed by atoms with Gasteiger partial charge in [-0.2, -0.15) is 0 Å². The minimum Gasteiger partial charge on any atom is -0.366 e. The first kappa shape index (κ1) is 14.8. The summed E-state index contributed by atoms with van der Waals surface area (Å²) in [4.78, 5) is 15.8. The topological polar surface area (TPSA) is 94.0 Å². The van der Waals surface area contributed by atoms with Crippen LogP contribution in [0.4, 0.5) is 5.82 Å². The number of anilines is 1. The van der Waals surface area contributed by atoms with Crippen molar-refractivity contribution in [2.45, 2.75) is 45.1 Å². The summed E-state index contributed by atoms with van der Waals surface area (Å²) >= 11 is 0. The lowest BCUT2D eigenvalue weighted by molar-refractivity contribution is 0.1000. The summed E-state index contributed by atoms with van der Waals surface area (Å²) in [6, 6.07) is 3.42. The van der Waals surface area contributed by atoms with Crippen LogP contribution in [0.5, 0.6) is 0 Å². The molecule has 5 heteroatoms. The van der Waals surface area contributed by atoms with Gasteiger partial charge in [-0.3, -0.25) is 4.79 Å². The molecule has 110 valence electrons. The lowest BCUT2D eigenvalue weighted by atomic mass is 9.73. The van der Waals surface area contributed by atoms with Crippen molar-refractivity contribution in [3.63, 3.8) is 0 Å². The van der Waals surface area contributed by atoms with Gasteiger partial charge in [0.05, 0.1) is 5.54 Å². The lowest BCUT2D eigenvalue weighted by Gasteiger charge is -2.43. The number of nitrogens with one attached hydrogen (secondary N) is 1. The van der Waals surface area contributed by atoms with Gasteiger partial charge in [0, 0.05) is 17.8 Å². The number of hydrogen-bond donors (Lipinski definition) is 3. The number of primary amides is 1. The molecule has 2 atom stereocenters. The first-order valence-electron chi connectivity index (χ1n) is 7.23. The van der Waals surface area contributed by atoms with Crippen molar-refractivity contribution >= 4 is 11.7 Å². The molecule has 0 spiro atoms. The van der Waals surface area contributed by atoms with E-state index in [1.165, 1.54) is 19.3 Å². The van der Waals surface area contributed by atoms with E-state index < -0.39 is 5.91 Å². The van der Waals surface area contributed by atoms with Crippen molar-refractivity contribution in [2.24, 2.45) is 17.4 Å². The molecule has 0 saturated heterocycles. The maximum Gasteiger partial charge on any atom is 0.248 e. The minimum atomic E-state index is -0.433. The second kappa shape index (κ2) is 5.79. The van der Waals surface area contributed by atoms with Crippen molar-refractivity contribution in [3.8, 4) is 0 Å². The molecule has 1 fully saturated rings. The average Bonchev–Trinajstić information content (AvgIpc) is 2.41. The van der Waals surface area contributed by atoms with Crippen molar-refractivity contribution < 1.29 is 4.79 Å². The molecule has 0 bridgehead atoms. The number of pyridine rings is 1. The van der Waals surface area contributed by atoms with Crippen molar-refractivity contribution in [1.29, 1.82) is 0 Å². The van der Waals surface area contributed by atoms with Crippen LogP contribution in [0.25, 0.3) is 0 Å². The minimum absolute atomic E-state index is 0.131. The number of nitrogens with zero attached hydrogens (tertiary/aromatic N) is 1. The molecule has 0 aromatic carbocycles. The molecular formula is C15H24N4O. The Morgan fingerprint density at radius 2 is 2.25 bits per heavy atom. The van der Waals surface area contributed by atoms with Crippen molar-refractivity contribution in [3.05, 3.63) is 23.4 Å². The first-order chi connectivity index (χ1) is 9.47. The Hall–Kier alpha value is -1.62. The molecule has 2 rings (SSSR count). The predicted molar refractivity (Wildman–Crippen MR) is 80.5 cm³/mol. The van der Waals surface area contributed by atoms with Crippen LogP contribution in [0.15, 0.2) is 12.1 Å². The summed E-state index contributed by atoms with van der Waals surface area (Å²) in [5.74, 6) is 0.746. The average molecular weight is 276 g/mol. The van der Waals surface area contributed by atoms with Gasteiger partial charge in [-0.1, -0.05) is 19.8 Å². The number of hydrogen-bond acceptors (Lipinski definition) is 4. The fourth-order valence-electron chi connectivity index (χ4n) is 3.08. The van der Waals surface area contributed by atoms with Crippen LogP contribution in [-0.2, 0) is 0 Å². The molecule has 2 unspecified atom stereocenters. The maximum absolute atomic E-state index is 11.4. The third-order valence-electron chi connectivity index (χ3n) is 4.43. The van der Waals surface area contributed by atoms with Crippen LogP contribution < -0.4 is 16.8 Å². The van der Waals surface area contributed by atoms with Gasteiger partial charge in [-0.05, 0) is 37.8 Å². The van der Waals surface area contributed by atoms with Gasteiger partial charge in [0.1, 0.15) is 5.82 Å². The van der Waals surface area contributed by atoms with Crippen LogP contribution >= 0.6 is 0 Å². The summed E-state index contributed by atoms with van der Waals surface area (Å²) in [5.41, 5.74) is 12.5. The van der Waals surface area contributed by atoms with Gasteiger partial charge in [-0.15, -0.1) is 0 Å². The van der Waals surface area contributed by atoms with Gasteiger partial charge >= 0.3 is 0 Å². The van der Waals surface area contributed by atoms with Crippen molar-refractivity contribution in [2.75, 3.05) is 11.9 Å². The van der Waals surface area contributed by atoms with E-state index in [1.54, 1.807) is 12.1 Å². The van der Waals surface area contributed by atoms with E-state index in [2.05, 4.69) is 17.2 Å². The lowest BCUT2D eigenvalue weighted by Crippen LogP contribution is -2.52. The number of aromatic nitrogens is 1. The predicted octanol–water partition coefficient (Wildman–Crippen LogP) is 1.81. The molecule has 1 aliphatic carbocycles. The summed E-state index contributed by atoms with van der Waals surface area (Å²) in [7, 11) is 0. The molecule has 1 aromatic rings. The number of carbonyl (C=O) groups is 1. The first-order valence-corrected chi connectivity index (χ1v) is 7.23. The third-order valence-corrected chi connectivity index (χ3v) is 4.43. The van der Waals surface area contributed by atoms with E-state index in [1.807, 2.05) is 6.92 Å². The van der Waals surface area contributed by atoms with Crippen LogP contribution in [0.3, 0.4) is 0 Å². The fourth-order valence-corrected chi connectivity index (χ4v) is 3.08. The summed E-state index contributed by atoms with van der Waals surface area (Å²) < 4.78 is 0. The number of amides is 1. The molecule has 1 saturated carbocycles. The highest BCUT2D eigenvalue weighted by Gasteiger charge is 2.37. The SMILES string of the molecule is Cc1cc(C(N)=O)cc(NC2(CN)CCCCC2C)n1. The Labute approximate surface area is 120 Å². The van der Waals surface area contributed by atoms with Crippen LogP contribution in [0.1, 0.15) is 48.7 Å². The van der Waals surface area contributed by atoms with Crippen LogP contribution in [0, 0.1) is 12.8 Å². The summed E-state index contributed by atoms with van der Waals surface area (Å²) in [6.07, 6.45) is 4.62. The normalized spacial score (nSPS) is 26.2. The maximum atomic E-state index is 11.4. The fraction of sp³-hybridized carbons (Fsp3) is 0.600. The van der Waals surface area contributed by atoms with Crippen LogP contribution in [-0.4, -0.2) is 23.0 Å². The van der Waals surface area contributed by atoms with Gasteiger partial charge in [0.15, 0.2) is 0 Å². The molecule has 0 radical (unpaired) electrons. The number of nitrogens with two attached hydrogens (primary N) is 2. The molecule has 0 aliphatic heterocycles. The summed E-state index contributed by atoms with van der Waals surface area (Å²) in [6.45, 7) is 4.65. The van der Waals surface area contributed by atoms with Gasteiger partial charge in [0.2, 0.25) is 5.91 Å². The zero-order valence-electron chi connectivity index (χ0n) is 12.3. The molecule has 5 N–H and O–H groups in total. The zero-order chi connectivity index (χ0) is 14.8. The Bertz CT molecular complexity index is 503. The number of carbonyl (C=O) groups excluding carboxylic acids is 1. The largest absolute Gasteiger partial charge is 0.366 e. The van der Waals surface area contributed by atoms with Gasteiger partial charge < -0.3 is 16.8 Å². The molecule has 1 aromatic heterocycles. The highest BCUT2D eigenvalue weighted by atomic mass is 16.1. The van der Waals surface area contributed by atoms with E-state index in [0.717, 1.165) is 12.1 Å². The molecule has 1 heterocycles. The Balaban J connectivity index is 2.29. The van der Waals surface area contributed by atoms with E-state index in [0.29, 0.717) is 23.8 Å². The number of aryl methyl sites for hydroxylation is 1. The van der Waals surface area contributed by atoms with Crippen molar-refractivity contribution in [1.82, 2.24) is 4.98 Å². The Kier molecular flexibility index (Phi) is 4.28. The standard InChI is InChI=1S/C15H24N4O/c1-10-5-3-4-6-15(10,9-16)19-13-8-12(14(17)20)7-11(2)18-13/h7-8,10H,3-6,9,16H2,1-2H3,(H2,17,20)(H,18,19). The monoisotopic (exact) mass is 276 g/mol. The Morgan fingerprint density at radius 3 is 2.85 bits per heavy atom. The third kappa shape index (κ3) is 2.93. The van der Waals surface area contributed by atoms with E-state index >= 15 is 0 Å². The smallest absolute Gasteiger partial charge is 0.248 e. The molecule has 1 amide bonds. The van der Waals surface area contributed by atoms with Crippen LogP contribution in [0.2, 0.25) is 0 Å². The highest BCUT2D eigenvalue weighted by Crippen LogP contribution is 2.35. The second-order valence-corrected chi connectivity index (χ2v) is 5.88. The van der Waals surface area contributed by atoms with E-state index in [4.69, 9.17) is 11.5 Å². The number of rotatable bonds is 4. The molecule has 5 nitrogen and oxygen atoms in total. The highest BCUT2D eigenvalue weighted by molar-refractivity contribution is 5.93. The van der Waals surface area contributed by atoms with E-state index in [-0.39, 0.29) is 5.54 Å². The Morgan fingerprint density at radius 1 is 1.50 bits per heavy atom. The quantitative estimate of drug-likeness (QED) is 0.781. The molecular weight excluding hydrogens is 252 g/mol. The molecule has 1 aliphatic rings. The van der Waals surface area contributed by atoms with E-state index in [9.17, 15) is 4.79 Å². The van der Waals surface area contributed by atoms with Gasteiger partial charge in [0.25, 0.3) is 0 Å². The molecule has 20 heavy (non-hydrogen) atoms. The second-order valence-electron chi connectivity index (χ2n) is 5.88. The van der Waals surface area contributed by atoms with Gasteiger partial charge in [-0.25, -0.2) is 4.98 Å². The summed E-state index contributed by atoms with van der Waals surface area (Å²) in [5, 5.41) is 3.49.